The number of aromatic nitrogens is 2. The average molecular weight is 303 g/mol. The Bertz CT molecular complexity index is 554. The molecule has 22 heavy (non-hydrogen) atoms. The summed E-state index contributed by atoms with van der Waals surface area (Å²) in [5, 5.41) is 14.0. The van der Waals surface area contributed by atoms with Crippen LogP contribution in [0.1, 0.15) is 38.9 Å². The van der Waals surface area contributed by atoms with Crippen LogP contribution < -0.4 is 4.90 Å². The molecule has 1 aromatic carbocycles. The third-order valence-corrected chi connectivity index (χ3v) is 3.45. The van der Waals surface area contributed by atoms with Gasteiger partial charge in [-0.05, 0) is 24.5 Å². The van der Waals surface area contributed by atoms with Crippen LogP contribution in [0.4, 0.5) is 5.69 Å². The number of nitrogens with zero attached hydrogens (tertiary/aromatic N) is 3. The number of hydrogen-bond donors (Lipinski definition) is 1. The second-order valence-corrected chi connectivity index (χ2v) is 5.98. The van der Waals surface area contributed by atoms with Crippen molar-refractivity contribution in [3.8, 4) is 0 Å². The Morgan fingerprint density at radius 2 is 1.95 bits per heavy atom. The van der Waals surface area contributed by atoms with E-state index < -0.39 is 0 Å². The molecule has 120 valence electrons. The molecule has 0 aliphatic carbocycles. The summed E-state index contributed by atoms with van der Waals surface area (Å²) in [6.07, 6.45) is 1.15. The van der Waals surface area contributed by atoms with Gasteiger partial charge in [0.15, 0.2) is 5.82 Å². The van der Waals surface area contributed by atoms with Gasteiger partial charge in [-0.15, -0.1) is 0 Å². The summed E-state index contributed by atoms with van der Waals surface area (Å²) in [7, 11) is 0. The number of hydrogen-bond acceptors (Lipinski definition) is 5. The minimum absolute atomic E-state index is 0.377. The number of rotatable bonds is 8. The number of aliphatic hydroxyl groups is 1. The lowest BCUT2D eigenvalue weighted by molar-refractivity contribution is 0.174. The largest absolute Gasteiger partial charge is 0.391 e. The third-order valence-electron chi connectivity index (χ3n) is 3.45. The fourth-order valence-electron chi connectivity index (χ4n) is 2.25. The van der Waals surface area contributed by atoms with Gasteiger partial charge < -0.3 is 14.5 Å². The van der Waals surface area contributed by atoms with Crippen LogP contribution in [-0.4, -0.2) is 27.9 Å². The standard InChI is InChI=1S/C17H25N3O2/c1-4-15(21)11-20(14-8-6-5-7-9-14)12-17-18-16(19-22-17)10-13(2)3/h5-9,13,15,21H,4,10-12H2,1-3H3. The first kappa shape index (κ1) is 16.5. The lowest BCUT2D eigenvalue weighted by Gasteiger charge is -2.25. The monoisotopic (exact) mass is 303 g/mol. The predicted molar refractivity (Wildman–Crippen MR) is 86.6 cm³/mol. The Hall–Kier alpha value is -1.88. The summed E-state index contributed by atoms with van der Waals surface area (Å²) in [6, 6.07) is 9.99. The van der Waals surface area contributed by atoms with Crippen LogP contribution in [-0.2, 0) is 13.0 Å². The summed E-state index contributed by atoms with van der Waals surface area (Å²) in [4.78, 5) is 6.52. The van der Waals surface area contributed by atoms with E-state index in [9.17, 15) is 5.11 Å². The topological polar surface area (TPSA) is 62.4 Å². The van der Waals surface area contributed by atoms with Gasteiger partial charge in [-0.25, -0.2) is 0 Å². The number of para-hydroxylation sites is 1. The molecule has 1 N–H and O–H groups in total. The molecule has 0 radical (unpaired) electrons. The number of benzene rings is 1. The number of aliphatic hydroxyl groups excluding tert-OH is 1. The van der Waals surface area contributed by atoms with E-state index in [-0.39, 0.29) is 6.10 Å². The fourth-order valence-corrected chi connectivity index (χ4v) is 2.25. The van der Waals surface area contributed by atoms with Crippen molar-refractivity contribution in [3.63, 3.8) is 0 Å². The van der Waals surface area contributed by atoms with Gasteiger partial charge in [-0.1, -0.05) is 44.1 Å². The molecular weight excluding hydrogens is 278 g/mol. The lowest BCUT2D eigenvalue weighted by Crippen LogP contribution is -2.31. The molecule has 0 saturated heterocycles. The molecule has 5 nitrogen and oxygen atoms in total. The zero-order valence-electron chi connectivity index (χ0n) is 13.6. The average Bonchev–Trinajstić information content (AvgIpc) is 2.93. The quantitative estimate of drug-likeness (QED) is 0.812. The normalized spacial score (nSPS) is 12.6. The van der Waals surface area contributed by atoms with Crippen LogP contribution >= 0.6 is 0 Å². The van der Waals surface area contributed by atoms with E-state index in [4.69, 9.17) is 4.52 Å². The Morgan fingerprint density at radius 1 is 1.23 bits per heavy atom. The molecule has 5 heteroatoms. The molecule has 1 heterocycles. The molecule has 1 atom stereocenters. The second kappa shape index (κ2) is 7.94. The smallest absolute Gasteiger partial charge is 0.246 e. The highest BCUT2D eigenvalue weighted by atomic mass is 16.5. The summed E-state index contributed by atoms with van der Waals surface area (Å²) in [6.45, 7) is 7.28. The summed E-state index contributed by atoms with van der Waals surface area (Å²) < 4.78 is 5.35. The minimum atomic E-state index is -0.377. The van der Waals surface area contributed by atoms with Crippen molar-refractivity contribution >= 4 is 5.69 Å². The van der Waals surface area contributed by atoms with Crippen molar-refractivity contribution < 1.29 is 9.63 Å². The maximum atomic E-state index is 9.98. The Balaban J connectivity index is 2.10. The SMILES string of the molecule is CCC(O)CN(Cc1nc(CC(C)C)no1)c1ccccc1. The van der Waals surface area contributed by atoms with Crippen molar-refractivity contribution in [2.45, 2.75) is 46.3 Å². The molecule has 0 aliphatic rings. The van der Waals surface area contributed by atoms with E-state index in [0.29, 0.717) is 31.3 Å². The zero-order chi connectivity index (χ0) is 15.9. The van der Waals surface area contributed by atoms with Crippen LogP contribution in [0, 0.1) is 5.92 Å². The van der Waals surface area contributed by atoms with Crippen molar-refractivity contribution in [3.05, 3.63) is 42.0 Å². The third kappa shape index (κ3) is 4.84. The predicted octanol–water partition coefficient (Wildman–Crippen LogP) is 3.05. The van der Waals surface area contributed by atoms with Crippen molar-refractivity contribution in [2.75, 3.05) is 11.4 Å². The van der Waals surface area contributed by atoms with Crippen LogP contribution in [0.5, 0.6) is 0 Å². The van der Waals surface area contributed by atoms with Crippen LogP contribution in [0.15, 0.2) is 34.9 Å². The highest BCUT2D eigenvalue weighted by Gasteiger charge is 2.16. The zero-order valence-corrected chi connectivity index (χ0v) is 13.6. The molecule has 0 bridgehead atoms. The van der Waals surface area contributed by atoms with Crippen LogP contribution in [0.2, 0.25) is 0 Å². The summed E-state index contributed by atoms with van der Waals surface area (Å²) in [5.74, 6) is 1.83. The first-order valence-corrected chi connectivity index (χ1v) is 7.88. The van der Waals surface area contributed by atoms with Gasteiger partial charge in [0.05, 0.1) is 12.6 Å². The van der Waals surface area contributed by atoms with Gasteiger partial charge in [0.2, 0.25) is 5.89 Å². The first-order chi connectivity index (χ1) is 10.6. The first-order valence-electron chi connectivity index (χ1n) is 7.88. The molecule has 1 aromatic heterocycles. The van der Waals surface area contributed by atoms with Gasteiger partial charge in [0.1, 0.15) is 0 Å². The maximum absolute atomic E-state index is 9.98. The van der Waals surface area contributed by atoms with Gasteiger partial charge in [0, 0.05) is 18.7 Å². The molecule has 0 saturated carbocycles. The molecule has 0 fully saturated rings. The molecule has 1 unspecified atom stereocenters. The fraction of sp³-hybridized carbons (Fsp3) is 0.529. The maximum Gasteiger partial charge on any atom is 0.246 e. The van der Waals surface area contributed by atoms with E-state index in [1.165, 1.54) is 0 Å². The molecule has 0 amide bonds. The van der Waals surface area contributed by atoms with Crippen molar-refractivity contribution in [1.29, 1.82) is 0 Å². The molecule has 2 rings (SSSR count). The van der Waals surface area contributed by atoms with Crippen LogP contribution in [0.3, 0.4) is 0 Å². The molecule has 0 spiro atoms. The van der Waals surface area contributed by atoms with E-state index in [0.717, 1.165) is 17.9 Å². The van der Waals surface area contributed by atoms with Gasteiger partial charge in [0.25, 0.3) is 0 Å². The van der Waals surface area contributed by atoms with Gasteiger partial charge in [-0.2, -0.15) is 4.98 Å². The van der Waals surface area contributed by atoms with E-state index >= 15 is 0 Å². The lowest BCUT2D eigenvalue weighted by atomic mass is 10.1. The highest BCUT2D eigenvalue weighted by Crippen LogP contribution is 2.17. The van der Waals surface area contributed by atoms with Gasteiger partial charge >= 0.3 is 0 Å². The second-order valence-electron chi connectivity index (χ2n) is 5.98. The molecule has 0 aliphatic heterocycles. The Labute approximate surface area is 132 Å². The van der Waals surface area contributed by atoms with Crippen molar-refractivity contribution in [2.24, 2.45) is 5.92 Å². The van der Waals surface area contributed by atoms with E-state index in [1.807, 2.05) is 37.3 Å². The Kier molecular flexibility index (Phi) is 5.95. The van der Waals surface area contributed by atoms with Crippen molar-refractivity contribution in [1.82, 2.24) is 10.1 Å². The van der Waals surface area contributed by atoms with E-state index in [2.05, 4.69) is 28.9 Å². The molecule has 2 aromatic rings. The Morgan fingerprint density at radius 3 is 2.59 bits per heavy atom. The highest BCUT2D eigenvalue weighted by molar-refractivity contribution is 5.46. The summed E-state index contributed by atoms with van der Waals surface area (Å²) in [5.41, 5.74) is 1.04. The minimum Gasteiger partial charge on any atom is -0.391 e. The van der Waals surface area contributed by atoms with Gasteiger partial charge in [-0.3, -0.25) is 0 Å². The number of anilines is 1. The van der Waals surface area contributed by atoms with Crippen LogP contribution in [0.25, 0.3) is 0 Å². The summed E-state index contributed by atoms with van der Waals surface area (Å²) >= 11 is 0. The van der Waals surface area contributed by atoms with E-state index in [1.54, 1.807) is 0 Å². The molecular formula is C17H25N3O2.